The van der Waals surface area contributed by atoms with Crippen molar-refractivity contribution in [2.24, 2.45) is 0 Å². The topological polar surface area (TPSA) is 54.0 Å². The van der Waals surface area contributed by atoms with E-state index in [0.29, 0.717) is 27.0 Å². The molecule has 1 amide bonds. The predicted molar refractivity (Wildman–Crippen MR) is 103 cm³/mol. The lowest BCUT2D eigenvalue weighted by atomic mass is 10.2. The van der Waals surface area contributed by atoms with Crippen LogP contribution in [-0.4, -0.2) is 10.9 Å². The predicted octanol–water partition coefficient (Wildman–Crippen LogP) is 5.69. The zero-order valence-corrected chi connectivity index (χ0v) is 14.9. The molecule has 0 aliphatic heterocycles. The molecule has 6 heteroatoms. The number of pyridine rings is 1. The normalized spacial score (nSPS) is 10.4. The third-order valence-electron chi connectivity index (χ3n) is 3.54. The molecule has 0 atom stereocenters. The van der Waals surface area contributed by atoms with Crippen molar-refractivity contribution in [3.8, 4) is 0 Å². The molecule has 0 saturated heterocycles. The van der Waals surface area contributed by atoms with Gasteiger partial charge in [0.1, 0.15) is 0 Å². The molecule has 0 unspecified atom stereocenters. The molecule has 2 N–H and O–H groups in total. The summed E-state index contributed by atoms with van der Waals surface area (Å²) in [4.78, 5) is 16.5. The van der Waals surface area contributed by atoms with E-state index in [0.717, 1.165) is 11.3 Å². The number of nitrogens with one attached hydrogen (secondary N) is 2. The van der Waals surface area contributed by atoms with Crippen LogP contribution in [0.2, 0.25) is 10.0 Å². The summed E-state index contributed by atoms with van der Waals surface area (Å²) in [5, 5.41) is 7.22. The van der Waals surface area contributed by atoms with Crippen molar-refractivity contribution in [1.29, 1.82) is 0 Å². The number of carbonyl (C=O) groups is 1. The Labute approximate surface area is 155 Å². The minimum atomic E-state index is -0.264. The van der Waals surface area contributed by atoms with Gasteiger partial charge in [-0.15, -0.1) is 0 Å². The smallest absolute Gasteiger partial charge is 0.257 e. The minimum Gasteiger partial charge on any atom is -0.354 e. The van der Waals surface area contributed by atoms with Gasteiger partial charge in [0.25, 0.3) is 5.91 Å². The number of amides is 1. The summed E-state index contributed by atoms with van der Waals surface area (Å²) in [5.41, 5.74) is 3.58. The number of hydrogen-bond donors (Lipinski definition) is 2. The number of hydrogen-bond acceptors (Lipinski definition) is 3. The summed E-state index contributed by atoms with van der Waals surface area (Å²) in [6.07, 6.45) is 3.15. The van der Waals surface area contributed by atoms with Crippen molar-refractivity contribution in [3.05, 3.63) is 82.1 Å². The monoisotopic (exact) mass is 371 g/mol. The molecular formula is C19H15Cl2N3O. The molecule has 0 bridgehead atoms. The molecule has 3 rings (SSSR count). The number of rotatable bonds is 4. The van der Waals surface area contributed by atoms with Gasteiger partial charge in [-0.25, -0.2) is 0 Å². The van der Waals surface area contributed by atoms with Crippen molar-refractivity contribution < 1.29 is 4.79 Å². The highest BCUT2D eigenvalue weighted by molar-refractivity contribution is 6.31. The number of nitrogens with zero attached hydrogens (tertiary/aromatic N) is 1. The molecule has 1 heterocycles. The van der Waals surface area contributed by atoms with E-state index in [1.807, 2.05) is 25.1 Å². The Morgan fingerprint density at radius 2 is 1.80 bits per heavy atom. The van der Waals surface area contributed by atoms with E-state index in [1.54, 1.807) is 36.5 Å². The van der Waals surface area contributed by atoms with Crippen LogP contribution in [0.4, 0.5) is 17.1 Å². The molecule has 0 aliphatic carbocycles. The van der Waals surface area contributed by atoms with Crippen LogP contribution in [0, 0.1) is 6.92 Å². The fraction of sp³-hybridized carbons (Fsp3) is 0.0526. The lowest BCUT2D eigenvalue weighted by Gasteiger charge is -2.10. The Kier molecular flexibility index (Phi) is 5.22. The van der Waals surface area contributed by atoms with E-state index in [4.69, 9.17) is 23.2 Å². The van der Waals surface area contributed by atoms with Crippen LogP contribution in [-0.2, 0) is 0 Å². The summed E-state index contributed by atoms with van der Waals surface area (Å²) in [6.45, 7) is 1.94. The molecule has 1 aromatic heterocycles. The summed E-state index contributed by atoms with van der Waals surface area (Å²) in [6, 6.07) is 14.4. The molecule has 4 nitrogen and oxygen atoms in total. The molecule has 0 fully saturated rings. The fourth-order valence-electron chi connectivity index (χ4n) is 2.24. The maximum Gasteiger partial charge on any atom is 0.257 e. The average Bonchev–Trinajstić information content (AvgIpc) is 2.58. The highest BCUT2D eigenvalue weighted by Gasteiger charge is 2.08. The van der Waals surface area contributed by atoms with Crippen LogP contribution < -0.4 is 10.6 Å². The van der Waals surface area contributed by atoms with E-state index in [9.17, 15) is 4.79 Å². The van der Waals surface area contributed by atoms with Crippen molar-refractivity contribution in [3.63, 3.8) is 0 Å². The summed E-state index contributed by atoms with van der Waals surface area (Å²) in [5.74, 6) is -0.264. The number of anilines is 3. The number of halogens is 2. The van der Waals surface area contributed by atoms with Crippen LogP contribution >= 0.6 is 23.2 Å². The second-order valence-electron chi connectivity index (χ2n) is 5.52. The Hall–Kier alpha value is -2.56. The molecule has 0 spiro atoms. The average molecular weight is 372 g/mol. The molecule has 0 radical (unpaired) electrons. The summed E-state index contributed by atoms with van der Waals surface area (Å²) >= 11 is 12.1. The first-order valence-electron chi connectivity index (χ1n) is 7.56. The van der Waals surface area contributed by atoms with E-state index in [2.05, 4.69) is 15.6 Å². The van der Waals surface area contributed by atoms with E-state index < -0.39 is 0 Å². The number of aryl methyl sites for hydroxylation is 1. The maximum absolute atomic E-state index is 12.4. The van der Waals surface area contributed by atoms with Crippen molar-refractivity contribution in [2.75, 3.05) is 10.6 Å². The molecular weight excluding hydrogens is 357 g/mol. The van der Waals surface area contributed by atoms with Gasteiger partial charge in [-0.2, -0.15) is 0 Å². The van der Waals surface area contributed by atoms with Gasteiger partial charge in [0.15, 0.2) is 0 Å². The second-order valence-corrected chi connectivity index (χ2v) is 6.36. The summed E-state index contributed by atoms with van der Waals surface area (Å²) < 4.78 is 0. The second kappa shape index (κ2) is 7.55. The highest BCUT2D eigenvalue weighted by atomic mass is 35.5. The van der Waals surface area contributed by atoms with Gasteiger partial charge in [0, 0.05) is 27.6 Å². The van der Waals surface area contributed by atoms with Crippen molar-refractivity contribution >= 4 is 46.2 Å². The van der Waals surface area contributed by atoms with Crippen LogP contribution in [0.1, 0.15) is 15.9 Å². The van der Waals surface area contributed by atoms with E-state index in [-0.39, 0.29) is 5.91 Å². The first-order chi connectivity index (χ1) is 12.0. The number of benzene rings is 2. The van der Waals surface area contributed by atoms with Gasteiger partial charge < -0.3 is 10.6 Å². The van der Waals surface area contributed by atoms with Gasteiger partial charge >= 0.3 is 0 Å². The molecule has 0 saturated carbocycles. The zero-order valence-electron chi connectivity index (χ0n) is 13.4. The fourth-order valence-corrected chi connectivity index (χ4v) is 2.61. The quantitative estimate of drug-likeness (QED) is 0.618. The molecule has 0 aliphatic rings. The first kappa shape index (κ1) is 17.3. The zero-order chi connectivity index (χ0) is 17.8. The largest absolute Gasteiger partial charge is 0.354 e. The number of carbonyl (C=O) groups excluding carboxylic acids is 1. The van der Waals surface area contributed by atoms with Crippen molar-refractivity contribution in [2.45, 2.75) is 6.92 Å². The molecule has 3 aromatic rings. The minimum absolute atomic E-state index is 0.264. The lowest BCUT2D eigenvalue weighted by Crippen LogP contribution is -2.12. The third-order valence-corrected chi connectivity index (χ3v) is 4.19. The molecule has 25 heavy (non-hydrogen) atoms. The van der Waals surface area contributed by atoms with E-state index >= 15 is 0 Å². The Morgan fingerprint density at radius 3 is 2.56 bits per heavy atom. The van der Waals surface area contributed by atoms with Crippen LogP contribution in [0.15, 0.2) is 60.9 Å². The van der Waals surface area contributed by atoms with Gasteiger partial charge in [-0.3, -0.25) is 9.78 Å². The highest BCUT2D eigenvalue weighted by Crippen LogP contribution is 2.23. The van der Waals surface area contributed by atoms with Crippen LogP contribution in [0.5, 0.6) is 0 Å². The molecule has 126 valence electrons. The lowest BCUT2D eigenvalue weighted by molar-refractivity contribution is 0.102. The summed E-state index contributed by atoms with van der Waals surface area (Å²) in [7, 11) is 0. The standard InChI is InChI=1S/C19H15Cl2N3O/c1-12-5-6-16(9-18(12)21)23-17-7-13(10-22-11-17)19(25)24-15-4-2-3-14(20)8-15/h2-11,23H,1H3,(H,24,25). The van der Waals surface area contributed by atoms with E-state index in [1.165, 1.54) is 6.20 Å². The Balaban J connectivity index is 1.76. The third kappa shape index (κ3) is 4.50. The number of aromatic nitrogens is 1. The SMILES string of the molecule is Cc1ccc(Nc2cncc(C(=O)Nc3cccc(Cl)c3)c2)cc1Cl. The van der Waals surface area contributed by atoms with Gasteiger partial charge in [-0.05, 0) is 48.9 Å². The Bertz CT molecular complexity index is 928. The first-order valence-corrected chi connectivity index (χ1v) is 8.32. The van der Waals surface area contributed by atoms with Crippen LogP contribution in [0.3, 0.4) is 0 Å². The maximum atomic E-state index is 12.4. The Morgan fingerprint density at radius 1 is 0.960 bits per heavy atom. The van der Waals surface area contributed by atoms with Gasteiger partial charge in [-0.1, -0.05) is 35.3 Å². The molecule has 2 aromatic carbocycles. The van der Waals surface area contributed by atoms with Gasteiger partial charge in [0.2, 0.25) is 0 Å². The van der Waals surface area contributed by atoms with Crippen LogP contribution in [0.25, 0.3) is 0 Å². The van der Waals surface area contributed by atoms with Crippen molar-refractivity contribution in [1.82, 2.24) is 4.98 Å². The van der Waals surface area contributed by atoms with Gasteiger partial charge in [0.05, 0.1) is 17.4 Å².